The summed E-state index contributed by atoms with van der Waals surface area (Å²) in [6.45, 7) is 3.92. The Labute approximate surface area is 88.5 Å². The third-order valence-electron chi connectivity index (χ3n) is 2.41. The van der Waals surface area contributed by atoms with Gasteiger partial charge in [-0.05, 0) is 50.8 Å². The van der Waals surface area contributed by atoms with Gasteiger partial charge in [-0.1, -0.05) is 5.57 Å². The van der Waals surface area contributed by atoms with Crippen LogP contribution in [-0.4, -0.2) is 5.78 Å². The van der Waals surface area contributed by atoms with Crippen molar-refractivity contribution in [1.29, 1.82) is 0 Å². The number of hydrogen-bond acceptors (Lipinski definition) is 2. The minimum Gasteiger partial charge on any atom is -0.288 e. The van der Waals surface area contributed by atoms with E-state index in [4.69, 9.17) is 0 Å². The molecule has 0 bridgehead atoms. The van der Waals surface area contributed by atoms with E-state index in [0.29, 0.717) is 0 Å². The van der Waals surface area contributed by atoms with Crippen molar-refractivity contribution in [3.8, 4) is 0 Å². The Kier molecular flexibility index (Phi) is 2.55. The second-order valence-electron chi connectivity index (χ2n) is 4.00. The maximum absolute atomic E-state index is 11.7. The summed E-state index contributed by atoms with van der Waals surface area (Å²) in [6.07, 6.45) is 5.31. The summed E-state index contributed by atoms with van der Waals surface area (Å²) < 4.78 is 0. The second kappa shape index (κ2) is 3.70. The fourth-order valence-electron chi connectivity index (χ4n) is 1.78. The number of carbonyl (C=O) groups is 1. The van der Waals surface area contributed by atoms with E-state index in [2.05, 4.69) is 6.07 Å². The zero-order valence-electron chi connectivity index (χ0n) is 8.59. The zero-order valence-corrected chi connectivity index (χ0v) is 9.41. The van der Waals surface area contributed by atoms with E-state index >= 15 is 0 Å². The Hall–Kier alpha value is -0.890. The first-order valence-electron chi connectivity index (χ1n) is 4.97. The molecule has 1 heterocycles. The molecule has 0 fully saturated rings. The van der Waals surface area contributed by atoms with Gasteiger partial charge in [-0.2, -0.15) is 0 Å². The van der Waals surface area contributed by atoms with Crippen LogP contribution in [0.25, 0.3) is 0 Å². The number of allylic oxidation sites excluding steroid dienone is 2. The molecule has 14 heavy (non-hydrogen) atoms. The quantitative estimate of drug-likeness (QED) is 0.535. The van der Waals surface area contributed by atoms with Gasteiger partial charge in [0.05, 0.1) is 4.88 Å². The van der Waals surface area contributed by atoms with Gasteiger partial charge in [-0.25, -0.2) is 0 Å². The summed E-state index contributed by atoms with van der Waals surface area (Å²) in [4.78, 5) is 14.0. The molecule has 2 rings (SSSR count). The highest BCUT2D eigenvalue weighted by molar-refractivity contribution is 7.14. The number of fused-ring (bicyclic) bond motifs is 1. The largest absolute Gasteiger partial charge is 0.288 e. The first-order chi connectivity index (χ1) is 6.66. The van der Waals surface area contributed by atoms with Gasteiger partial charge >= 0.3 is 0 Å². The maximum Gasteiger partial charge on any atom is 0.195 e. The summed E-state index contributed by atoms with van der Waals surface area (Å²) in [7, 11) is 0. The van der Waals surface area contributed by atoms with E-state index in [1.165, 1.54) is 23.3 Å². The van der Waals surface area contributed by atoms with Gasteiger partial charge in [0, 0.05) is 4.88 Å². The Morgan fingerprint density at radius 1 is 1.43 bits per heavy atom. The molecule has 0 saturated heterocycles. The third-order valence-corrected chi connectivity index (χ3v) is 3.66. The Bertz CT molecular complexity index is 373. The van der Waals surface area contributed by atoms with Gasteiger partial charge in [-0.15, -0.1) is 11.3 Å². The highest BCUT2D eigenvalue weighted by atomic mass is 32.1. The van der Waals surface area contributed by atoms with E-state index in [9.17, 15) is 4.79 Å². The van der Waals surface area contributed by atoms with E-state index in [-0.39, 0.29) is 5.78 Å². The van der Waals surface area contributed by atoms with Crippen molar-refractivity contribution in [2.24, 2.45) is 0 Å². The lowest BCUT2D eigenvalue weighted by atomic mass is 10.2. The lowest BCUT2D eigenvalue weighted by molar-refractivity contribution is 0.104. The Morgan fingerprint density at radius 3 is 2.86 bits per heavy atom. The molecule has 74 valence electrons. The van der Waals surface area contributed by atoms with E-state index in [1.54, 1.807) is 17.4 Å². The zero-order chi connectivity index (χ0) is 10.1. The van der Waals surface area contributed by atoms with Crippen LogP contribution in [0.4, 0.5) is 0 Å². The number of rotatable bonds is 2. The minimum atomic E-state index is 0.171. The molecule has 1 aromatic rings. The van der Waals surface area contributed by atoms with Gasteiger partial charge in [0.1, 0.15) is 0 Å². The SMILES string of the molecule is CC(C)=CC(=O)c1cc2c(s1)CCC2. The molecular weight excluding hydrogens is 192 g/mol. The topological polar surface area (TPSA) is 17.1 Å². The van der Waals surface area contributed by atoms with Gasteiger partial charge in [0.25, 0.3) is 0 Å². The molecule has 0 amide bonds. The van der Waals surface area contributed by atoms with Crippen LogP contribution in [0.2, 0.25) is 0 Å². The predicted molar refractivity (Wildman–Crippen MR) is 60.1 cm³/mol. The number of thiophene rings is 1. The van der Waals surface area contributed by atoms with Crippen LogP contribution in [0.1, 0.15) is 40.4 Å². The number of hydrogen-bond donors (Lipinski definition) is 0. The van der Waals surface area contributed by atoms with Crippen LogP contribution in [-0.2, 0) is 12.8 Å². The normalized spacial score (nSPS) is 13.9. The summed E-state index contributed by atoms with van der Waals surface area (Å²) in [6, 6.07) is 2.08. The summed E-state index contributed by atoms with van der Waals surface area (Å²) in [5, 5.41) is 0. The molecule has 1 aliphatic carbocycles. The molecule has 0 aliphatic heterocycles. The molecule has 0 radical (unpaired) electrons. The predicted octanol–water partition coefficient (Wildman–Crippen LogP) is 3.39. The van der Waals surface area contributed by atoms with Crippen LogP contribution in [0.5, 0.6) is 0 Å². The van der Waals surface area contributed by atoms with E-state index < -0.39 is 0 Å². The number of ketones is 1. The van der Waals surface area contributed by atoms with Crippen molar-refractivity contribution in [3.63, 3.8) is 0 Å². The molecular formula is C12H14OS. The van der Waals surface area contributed by atoms with Crippen LogP contribution >= 0.6 is 11.3 Å². The van der Waals surface area contributed by atoms with Crippen molar-refractivity contribution < 1.29 is 4.79 Å². The third kappa shape index (κ3) is 1.80. The minimum absolute atomic E-state index is 0.171. The monoisotopic (exact) mass is 206 g/mol. The first kappa shape index (κ1) is 9.66. The van der Waals surface area contributed by atoms with Gasteiger partial charge < -0.3 is 0 Å². The van der Waals surface area contributed by atoms with Crippen molar-refractivity contribution in [2.75, 3.05) is 0 Å². The average Bonchev–Trinajstić information content (AvgIpc) is 2.58. The summed E-state index contributed by atoms with van der Waals surface area (Å²) in [5.41, 5.74) is 2.48. The van der Waals surface area contributed by atoms with Crippen LogP contribution < -0.4 is 0 Å². The molecule has 1 aliphatic rings. The van der Waals surface area contributed by atoms with E-state index in [0.717, 1.165) is 16.9 Å². The molecule has 0 N–H and O–H groups in total. The van der Waals surface area contributed by atoms with Crippen LogP contribution in [0, 0.1) is 0 Å². The van der Waals surface area contributed by atoms with Gasteiger partial charge in [-0.3, -0.25) is 4.79 Å². The van der Waals surface area contributed by atoms with Crippen molar-refractivity contribution in [2.45, 2.75) is 33.1 Å². The van der Waals surface area contributed by atoms with E-state index in [1.807, 2.05) is 13.8 Å². The smallest absolute Gasteiger partial charge is 0.195 e. The molecule has 0 spiro atoms. The lowest BCUT2D eigenvalue weighted by Gasteiger charge is -1.91. The standard InChI is InChI=1S/C12H14OS/c1-8(2)6-10(13)12-7-9-4-3-5-11(9)14-12/h6-7H,3-5H2,1-2H3. The average molecular weight is 206 g/mol. The highest BCUT2D eigenvalue weighted by Crippen LogP contribution is 2.30. The lowest BCUT2D eigenvalue weighted by Crippen LogP contribution is -1.90. The molecule has 0 atom stereocenters. The first-order valence-corrected chi connectivity index (χ1v) is 5.79. The van der Waals surface area contributed by atoms with Gasteiger partial charge in [0.2, 0.25) is 0 Å². The van der Waals surface area contributed by atoms with Crippen molar-refractivity contribution in [1.82, 2.24) is 0 Å². The summed E-state index contributed by atoms with van der Waals surface area (Å²) in [5.74, 6) is 0.171. The summed E-state index contributed by atoms with van der Waals surface area (Å²) >= 11 is 1.68. The molecule has 0 saturated carbocycles. The molecule has 1 nitrogen and oxygen atoms in total. The Morgan fingerprint density at radius 2 is 2.21 bits per heavy atom. The number of carbonyl (C=O) groups excluding carboxylic acids is 1. The van der Waals surface area contributed by atoms with Gasteiger partial charge in [0.15, 0.2) is 5.78 Å². The van der Waals surface area contributed by atoms with Crippen molar-refractivity contribution in [3.05, 3.63) is 33.0 Å². The second-order valence-corrected chi connectivity index (χ2v) is 5.14. The van der Waals surface area contributed by atoms with Crippen LogP contribution in [0.15, 0.2) is 17.7 Å². The Balaban J connectivity index is 2.26. The molecule has 0 unspecified atom stereocenters. The molecule has 1 aromatic heterocycles. The van der Waals surface area contributed by atoms with Crippen molar-refractivity contribution >= 4 is 17.1 Å². The van der Waals surface area contributed by atoms with Crippen LogP contribution in [0.3, 0.4) is 0 Å². The molecule has 2 heteroatoms. The fourth-order valence-corrected chi connectivity index (χ4v) is 2.95. The maximum atomic E-state index is 11.7. The fraction of sp³-hybridized carbons (Fsp3) is 0.417. The molecule has 0 aromatic carbocycles. The highest BCUT2D eigenvalue weighted by Gasteiger charge is 2.17. The number of aryl methyl sites for hydroxylation is 2.